The maximum absolute atomic E-state index is 11.8. The van der Waals surface area contributed by atoms with E-state index in [2.05, 4.69) is 26.0 Å². The van der Waals surface area contributed by atoms with Gasteiger partial charge in [0.2, 0.25) is 0 Å². The van der Waals surface area contributed by atoms with Crippen LogP contribution in [0.5, 0.6) is 11.5 Å². The molecule has 2 aromatic carbocycles. The largest absolute Gasteiger partial charge is 0.497 e. The van der Waals surface area contributed by atoms with E-state index in [0.717, 1.165) is 29.8 Å². The van der Waals surface area contributed by atoms with E-state index in [9.17, 15) is 4.79 Å². The third-order valence-electron chi connectivity index (χ3n) is 4.86. The van der Waals surface area contributed by atoms with Gasteiger partial charge in [0.15, 0.2) is 0 Å². The maximum atomic E-state index is 11.8. The minimum Gasteiger partial charge on any atom is -0.497 e. The van der Waals surface area contributed by atoms with Crippen LogP contribution in [0.25, 0.3) is 0 Å². The molecule has 0 aliphatic heterocycles. The lowest BCUT2D eigenvalue weighted by Crippen LogP contribution is -2.20. The Labute approximate surface area is 144 Å². The molecule has 0 amide bonds. The molecule has 0 saturated carbocycles. The van der Waals surface area contributed by atoms with Crippen molar-refractivity contribution in [2.24, 2.45) is 5.92 Å². The van der Waals surface area contributed by atoms with Crippen LogP contribution in [0.2, 0.25) is 0 Å². The summed E-state index contributed by atoms with van der Waals surface area (Å²) in [4.78, 5) is 11.8. The van der Waals surface area contributed by atoms with Crippen LogP contribution in [-0.2, 0) is 4.79 Å². The highest BCUT2D eigenvalue weighted by Crippen LogP contribution is 2.37. The molecule has 128 valence electrons. The summed E-state index contributed by atoms with van der Waals surface area (Å²) in [6, 6.07) is 15.9. The van der Waals surface area contributed by atoms with Crippen LogP contribution in [0.4, 0.5) is 0 Å². The number of hydrogen-bond acceptors (Lipinski definition) is 3. The first kappa shape index (κ1) is 18.1. The van der Waals surface area contributed by atoms with Crippen molar-refractivity contribution < 1.29 is 14.3 Å². The number of aldehydes is 1. The number of carbonyl (C=O) groups is 1. The van der Waals surface area contributed by atoms with Gasteiger partial charge in [0.05, 0.1) is 14.2 Å². The van der Waals surface area contributed by atoms with Gasteiger partial charge in [-0.3, -0.25) is 0 Å². The Bertz CT molecular complexity index is 631. The number of rotatable bonds is 8. The zero-order valence-electron chi connectivity index (χ0n) is 14.9. The molecule has 2 rings (SSSR count). The first-order valence-corrected chi connectivity index (χ1v) is 8.37. The molecule has 24 heavy (non-hydrogen) atoms. The second-order valence-corrected chi connectivity index (χ2v) is 6.07. The number of methoxy groups -OCH3 is 2. The molecule has 0 aromatic heterocycles. The molecule has 3 heteroatoms. The molecule has 0 heterocycles. The molecular weight excluding hydrogens is 300 g/mol. The summed E-state index contributed by atoms with van der Waals surface area (Å²) in [6.07, 6.45) is 2.01. The average molecular weight is 326 g/mol. The van der Waals surface area contributed by atoms with E-state index in [1.54, 1.807) is 14.2 Å². The summed E-state index contributed by atoms with van der Waals surface area (Å²) in [5, 5.41) is 0. The Hall–Kier alpha value is -2.29. The van der Waals surface area contributed by atoms with E-state index in [-0.39, 0.29) is 17.8 Å². The maximum Gasteiger partial charge on any atom is 0.127 e. The van der Waals surface area contributed by atoms with Crippen LogP contribution < -0.4 is 9.47 Å². The molecule has 3 nitrogen and oxygen atoms in total. The molecule has 0 aliphatic rings. The van der Waals surface area contributed by atoms with E-state index < -0.39 is 0 Å². The van der Waals surface area contributed by atoms with Crippen molar-refractivity contribution in [3.63, 3.8) is 0 Å². The molecule has 0 N–H and O–H groups in total. The lowest BCUT2D eigenvalue weighted by Gasteiger charge is -2.28. The van der Waals surface area contributed by atoms with Gasteiger partial charge in [0, 0.05) is 5.92 Å². The normalized spacial score (nSPS) is 14.5. The molecular formula is C21H26O3. The van der Waals surface area contributed by atoms with Gasteiger partial charge in [-0.2, -0.15) is 0 Å². The van der Waals surface area contributed by atoms with Gasteiger partial charge < -0.3 is 14.3 Å². The minimum absolute atomic E-state index is 0.127. The van der Waals surface area contributed by atoms with Crippen molar-refractivity contribution in [2.45, 2.75) is 32.1 Å². The van der Waals surface area contributed by atoms with Gasteiger partial charge in [-0.1, -0.05) is 44.5 Å². The first-order valence-electron chi connectivity index (χ1n) is 8.37. The summed E-state index contributed by atoms with van der Waals surface area (Å²) in [7, 11) is 3.31. The fourth-order valence-electron chi connectivity index (χ4n) is 3.33. The Kier molecular flexibility index (Phi) is 6.42. The first-order chi connectivity index (χ1) is 11.6. The fraction of sp³-hybridized carbons (Fsp3) is 0.381. The summed E-state index contributed by atoms with van der Waals surface area (Å²) >= 11 is 0. The number of hydrogen-bond donors (Lipinski definition) is 0. The lowest BCUT2D eigenvalue weighted by atomic mass is 9.75. The topological polar surface area (TPSA) is 35.5 Å². The zero-order chi connectivity index (χ0) is 17.5. The van der Waals surface area contributed by atoms with E-state index in [1.807, 2.05) is 36.4 Å². The third-order valence-corrected chi connectivity index (χ3v) is 4.86. The predicted molar refractivity (Wildman–Crippen MR) is 97.0 cm³/mol. The van der Waals surface area contributed by atoms with E-state index >= 15 is 0 Å². The molecule has 0 aliphatic carbocycles. The van der Waals surface area contributed by atoms with Crippen LogP contribution in [0.1, 0.15) is 43.2 Å². The third kappa shape index (κ3) is 3.97. The van der Waals surface area contributed by atoms with E-state index in [0.29, 0.717) is 0 Å². The van der Waals surface area contributed by atoms with Gasteiger partial charge in [-0.05, 0) is 47.2 Å². The number of benzene rings is 2. The SMILES string of the molecule is CCC(C(C)c1ccc(OC)cc1)C(C=O)c1ccc(OC)cc1. The van der Waals surface area contributed by atoms with Crippen molar-refractivity contribution in [1.82, 2.24) is 0 Å². The van der Waals surface area contributed by atoms with Gasteiger partial charge in [-0.15, -0.1) is 0 Å². The summed E-state index contributed by atoms with van der Waals surface area (Å²) in [6.45, 7) is 4.33. The van der Waals surface area contributed by atoms with Crippen molar-refractivity contribution in [3.8, 4) is 11.5 Å². The molecule has 2 aromatic rings. The molecule has 0 bridgehead atoms. The molecule has 0 fully saturated rings. The van der Waals surface area contributed by atoms with Crippen molar-refractivity contribution in [3.05, 3.63) is 59.7 Å². The highest BCUT2D eigenvalue weighted by Gasteiger charge is 2.27. The highest BCUT2D eigenvalue weighted by molar-refractivity contribution is 5.63. The van der Waals surface area contributed by atoms with E-state index in [4.69, 9.17) is 9.47 Å². The second-order valence-electron chi connectivity index (χ2n) is 6.07. The van der Waals surface area contributed by atoms with Gasteiger partial charge in [-0.25, -0.2) is 0 Å². The minimum atomic E-state index is -0.127. The van der Waals surface area contributed by atoms with Crippen molar-refractivity contribution in [2.75, 3.05) is 14.2 Å². The molecule has 3 unspecified atom stereocenters. The molecule has 0 saturated heterocycles. The molecule has 0 radical (unpaired) electrons. The lowest BCUT2D eigenvalue weighted by molar-refractivity contribution is -0.110. The monoisotopic (exact) mass is 326 g/mol. The summed E-state index contributed by atoms with van der Waals surface area (Å²) in [5.41, 5.74) is 2.26. The Morgan fingerprint density at radius 3 is 1.71 bits per heavy atom. The van der Waals surface area contributed by atoms with Gasteiger partial charge >= 0.3 is 0 Å². The molecule has 3 atom stereocenters. The molecule has 0 spiro atoms. The smallest absolute Gasteiger partial charge is 0.127 e. The van der Waals surface area contributed by atoms with Crippen molar-refractivity contribution >= 4 is 6.29 Å². The van der Waals surface area contributed by atoms with E-state index in [1.165, 1.54) is 5.56 Å². The highest BCUT2D eigenvalue weighted by atomic mass is 16.5. The quantitative estimate of drug-likeness (QED) is 0.653. The predicted octanol–water partition coefficient (Wildman–Crippen LogP) is 4.82. The van der Waals surface area contributed by atoms with Crippen LogP contribution in [-0.4, -0.2) is 20.5 Å². The summed E-state index contributed by atoms with van der Waals surface area (Å²) in [5.74, 6) is 2.04. The summed E-state index contributed by atoms with van der Waals surface area (Å²) < 4.78 is 10.4. The Morgan fingerprint density at radius 2 is 1.33 bits per heavy atom. The average Bonchev–Trinajstić information content (AvgIpc) is 2.65. The van der Waals surface area contributed by atoms with Crippen LogP contribution in [0.3, 0.4) is 0 Å². The van der Waals surface area contributed by atoms with Gasteiger partial charge in [0.25, 0.3) is 0 Å². The van der Waals surface area contributed by atoms with Crippen LogP contribution in [0, 0.1) is 5.92 Å². The van der Waals surface area contributed by atoms with Gasteiger partial charge in [0.1, 0.15) is 17.8 Å². The van der Waals surface area contributed by atoms with Crippen molar-refractivity contribution in [1.29, 1.82) is 0 Å². The number of carbonyl (C=O) groups excluding carboxylic acids is 1. The zero-order valence-corrected chi connectivity index (χ0v) is 14.9. The van der Waals surface area contributed by atoms with Crippen LogP contribution in [0.15, 0.2) is 48.5 Å². The fourth-order valence-corrected chi connectivity index (χ4v) is 3.33. The Morgan fingerprint density at radius 1 is 0.875 bits per heavy atom. The van der Waals surface area contributed by atoms with Crippen LogP contribution >= 0.6 is 0 Å². The number of ether oxygens (including phenoxy) is 2. The second kappa shape index (κ2) is 8.53. The standard InChI is InChI=1S/C21H26O3/c1-5-20(15(2)16-6-10-18(23-3)11-7-16)21(14-22)17-8-12-19(24-4)13-9-17/h6-15,20-21H,5H2,1-4H3. The Balaban J connectivity index is 2.26.